The third-order valence-electron chi connectivity index (χ3n) is 2.28. The second kappa shape index (κ2) is 5.75. The second-order valence-electron chi connectivity index (χ2n) is 3.78. The molecule has 0 spiro atoms. The van der Waals surface area contributed by atoms with Crippen molar-refractivity contribution in [2.45, 2.75) is 6.18 Å². The van der Waals surface area contributed by atoms with Gasteiger partial charge >= 0.3 is 6.18 Å². The first kappa shape index (κ1) is 15.3. The van der Waals surface area contributed by atoms with Crippen molar-refractivity contribution in [3.05, 3.63) is 49.6 Å². The van der Waals surface area contributed by atoms with Crippen LogP contribution in [0.5, 0.6) is 0 Å². The minimum absolute atomic E-state index is 0.000604. The van der Waals surface area contributed by atoms with Crippen molar-refractivity contribution in [2.24, 2.45) is 0 Å². The zero-order valence-electron chi connectivity index (χ0n) is 9.59. The lowest BCUT2D eigenvalue weighted by Gasteiger charge is -2.10. The molecule has 8 heteroatoms. The topological polar surface area (TPSA) is 29.1 Å². The molecule has 0 unspecified atom stereocenters. The summed E-state index contributed by atoms with van der Waals surface area (Å²) in [6.07, 6.45) is -4.52. The molecule has 0 bridgehead atoms. The highest BCUT2D eigenvalue weighted by Gasteiger charge is 2.31. The molecule has 2 rings (SSSR count). The Bertz CT molecular complexity index is 656. The van der Waals surface area contributed by atoms with Gasteiger partial charge in [0.25, 0.3) is 5.91 Å². The number of thiophene rings is 1. The van der Waals surface area contributed by atoms with Gasteiger partial charge in [-0.05, 0) is 46.3 Å². The Morgan fingerprint density at radius 1 is 1.25 bits per heavy atom. The number of amides is 1. The van der Waals surface area contributed by atoms with E-state index in [9.17, 15) is 18.0 Å². The van der Waals surface area contributed by atoms with E-state index < -0.39 is 17.6 Å². The van der Waals surface area contributed by atoms with Crippen LogP contribution >= 0.6 is 38.9 Å². The minimum atomic E-state index is -4.52. The summed E-state index contributed by atoms with van der Waals surface area (Å²) in [5, 5.41) is 2.30. The first-order valence-corrected chi connectivity index (χ1v) is 7.19. The number of carbonyl (C=O) groups is 1. The van der Waals surface area contributed by atoms with Crippen LogP contribution in [0.15, 0.2) is 34.1 Å². The lowest BCUT2D eigenvalue weighted by atomic mass is 10.2. The lowest BCUT2D eigenvalue weighted by molar-refractivity contribution is -0.137. The number of rotatable bonds is 2. The Hall–Kier alpha value is -1.05. The summed E-state index contributed by atoms with van der Waals surface area (Å²) in [6, 6.07) is 6.15. The predicted molar refractivity (Wildman–Crippen MR) is 76.4 cm³/mol. The molecule has 0 atom stereocenters. The molecule has 1 amide bonds. The Morgan fingerprint density at radius 2 is 1.95 bits per heavy atom. The molecule has 2 aromatic rings. The third-order valence-corrected chi connectivity index (χ3v) is 4.12. The summed E-state index contributed by atoms with van der Waals surface area (Å²) in [5.41, 5.74) is -0.910. The average molecular weight is 385 g/mol. The van der Waals surface area contributed by atoms with E-state index >= 15 is 0 Å². The van der Waals surface area contributed by atoms with E-state index in [1.807, 2.05) is 0 Å². The fourth-order valence-electron chi connectivity index (χ4n) is 1.45. The molecule has 0 aliphatic rings. The molecular weight excluding hydrogens is 379 g/mol. The summed E-state index contributed by atoms with van der Waals surface area (Å²) < 4.78 is 38.7. The van der Waals surface area contributed by atoms with Crippen molar-refractivity contribution in [3.63, 3.8) is 0 Å². The number of carbonyl (C=O) groups excluding carboxylic acids is 1. The number of hydrogen-bond donors (Lipinski definition) is 1. The fourth-order valence-corrected chi connectivity index (χ4v) is 2.97. The standard InChI is InChI=1S/C12H6BrClF3NOS/c13-10-2-1-9(20-10)11(19)18-8-4-6(12(15,16)17)3-7(14)5-8/h1-5H,(H,18,19). The van der Waals surface area contributed by atoms with Crippen LogP contribution < -0.4 is 5.32 Å². The number of benzene rings is 1. The number of halogens is 5. The number of alkyl halides is 3. The van der Waals surface area contributed by atoms with Crippen molar-refractivity contribution < 1.29 is 18.0 Å². The molecule has 0 aliphatic carbocycles. The summed E-state index contributed by atoms with van der Waals surface area (Å²) in [6.45, 7) is 0. The van der Waals surface area contributed by atoms with Gasteiger partial charge in [-0.25, -0.2) is 0 Å². The van der Waals surface area contributed by atoms with Crippen molar-refractivity contribution in [1.29, 1.82) is 0 Å². The van der Waals surface area contributed by atoms with E-state index in [-0.39, 0.29) is 10.7 Å². The average Bonchev–Trinajstić information content (AvgIpc) is 2.74. The van der Waals surface area contributed by atoms with E-state index in [2.05, 4.69) is 21.2 Å². The number of nitrogens with one attached hydrogen (secondary N) is 1. The van der Waals surface area contributed by atoms with E-state index in [0.717, 1.165) is 15.9 Å². The normalized spacial score (nSPS) is 11.4. The van der Waals surface area contributed by atoms with Crippen LogP contribution in [-0.4, -0.2) is 5.91 Å². The van der Waals surface area contributed by atoms with Gasteiger partial charge in [-0.3, -0.25) is 4.79 Å². The highest BCUT2D eigenvalue weighted by atomic mass is 79.9. The molecular formula is C12H6BrClF3NOS. The third kappa shape index (κ3) is 3.74. The Labute approximate surface area is 129 Å². The molecule has 0 saturated carbocycles. The second-order valence-corrected chi connectivity index (χ2v) is 6.68. The van der Waals surface area contributed by atoms with Crippen LogP contribution in [0.3, 0.4) is 0 Å². The van der Waals surface area contributed by atoms with E-state index in [4.69, 9.17) is 11.6 Å². The molecule has 1 aromatic heterocycles. The van der Waals surface area contributed by atoms with Crippen molar-refractivity contribution in [2.75, 3.05) is 5.32 Å². The molecule has 0 radical (unpaired) electrons. The predicted octanol–water partition coefficient (Wildman–Crippen LogP) is 5.44. The van der Waals surface area contributed by atoms with E-state index in [0.29, 0.717) is 4.88 Å². The van der Waals surface area contributed by atoms with Gasteiger partial charge in [-0.1, -0.05) is 11.6 Å². The summed E-state index contributed by atoms with van der Waals surface area (Å²) >= 11 is 10.0. The lowest BCUT2D eigenvalue weighted by Crippen LogP contribution is -2.12. The van der Waals surface area contributed by atoms with Gasteiger partial charge < -0.3 is 5.32 Å². The molecule has 106 valence electrons. The quantitative estimate of drug-likeness (QED) is 0.734. The maximum absolute atomic E-state index is 12.6. The zero-order valence-corrected chi connectivity index (χ0v) is 12.8. The van der Waals surface area contributed by atoms with Gasteiger partial charge in [0.05, 0.1) is 14.2 Å². The van der Waals surface area contributed by atoms with Crippen molar-refractivity contribution in [1.82, 2.24) is 0 Å². The number of anilines is 1. The van der Waals surface area contributed by atoms with Crippen LogP contribution in [0.2, 0.25) is 5.02 Å². The zero-order chi connectivity index (χ0) is 14.9. The molecule has 0 fully saturated rings. The van der Waals surface area contributed by atoms with Gasteiger partial charge in [0, 0.05) is 10.7 Å². The highest BCUT2D eigenvalue weighted by Crippen LogP contribution is 2.33. The van der Waals surface area contributed by atoms with Gasteiger partial charge in [-0.15, -0.1) is 11.3 Å². The smallest absolute Gasteiger partial charge is 0.321 e. The van der Waals surface area contributed by atoms with Crippen molar-refractivity contribution >= 4 is 50.5 Å². The van der Waals surface area contributed by atoms with Crippen molar-refractivity contribution in [3.8, 4) is 0 Å². The minimum Gasteiger partial charge on any atom is -0.321 e. The maximum atomic E-state index is 12.6. The largest absolute Gasteiger partial charge is 0.416 e. The number of hydrogen-bond acceptors (Lipinski definition) is 2. The molecule has 0 aliphatic heterocycles. The first-order chi connectivity index (χ1) is 9.25. The summed E-state index contributed by atoms with van der Waals surface area (Å²) in [7, 11) is 0. The molecule has 2 nitrogen and oxygen atoms in total. The van der Waals surface area contributed by atoms with Crippen LogP contribution in [-0.2, 0) is 6.18 Å². The van der Waals surface area contributed by atoms with Gasteiger partial charge in [0.15, 0.2) is 0 Å². The van der Waals surface area contributed by atoms with Gasteiger partial charge in [0.2, 0.25) is 0 Å². The summed E-state index contributed by atoms with van der Waals surface area (Å²) in [5.74, 6) is -0.490. The van der Waals surface area contributed by atoms with Crippen LogP contribution in [0, 0.1) is 0 Å². The Morgan fingerprint density at radius 3 is 2.50 bits per heavy atom. The van der Waals surface area contributed by atoms with Crippen LogP contribution in [0.4, 0.5) is 18.9 Å². The highest BCUT2D eigenvalue weighted by molar-refractivity contribution is 9.11. The molecule has 1 N–H and O–H groups in total. The molecule has 1 heterocycles. The molecule has 20 heavy (non-hydrogen) atoms. The Balaban J connectivity index is 2.25. The Kier molecular flexibility index (Phi) is 4.41. The maximum Gasteiger partial charge on any atom is 0.416 e. The van der Waals surface area contributed by atoms with Crippen LogP contribution in [0.25, 0.3) is 0 Å². The van der Waals surface area contributed by atoms with Gasteiger partial charge in [-0.2, -0.15) is 13.2 Å². The molecule has 1 aromatic carbocycles. The SMILES string of the molecule is O=C(Nc1cc(Cl)cc(C(F)(F)F)c1)c1ccc(Br)s1. The van der Waals surface area contributed by atoms with Crippen LogP contribution in [0.1, 0.15) is 15.2 Å². The van der Waals surface area contributed by atoms with E-state index in [1.54, 1.807) is 12.1 Å². The van der Waals surface area contributed by atoms with Gasteiger partial charge in [0.1, 0.15) is 0 Å². The molecule has 0 saturated heterocycles. The first-order valence-electron chi connectivity index (χ1n) is 5.20. The monoisotopic (exact) mass is 383 g/mol. The van der Waals surface area contributed by atoms with E-state index in [1.165, 1.54) is 17.4 Å². The fraction of sp³-hybridized carbons (Fsp3) is 0.0833. The summed E-state index contributed by atoms with van der Waals surface area (Å²) in [4.78, 5) is 12.2.